The molecule has 2 aromatic carbocycles. The molecule has 1 aliphatic rings. The molecular formula is C23H25N3O6. The number of benzene rings is 2. The van der Waals surface area contributed by atoms with Crippen LogP contribution in [-0.2, 0) is 14.3 Å². The van der Waals surface area contributed by atoms with Crippen LogP contribution in [0.4, 0.5) is 4.79 Å². The van der Waals surface area contributed by atoms with Gasteiger partial charge in [0.15, 0.2) is 6.61 Å². The molecule has 1 heterocycles. The van der Waals surface area contributed by atoms with Crippen molar-refractivity contribution in [1.82, 2.24) is 15.5 Å². The Balaban J connectivity index is 1.47. The van der Waals surface area contributed by atoms with E-state index in [1.807, 2.05) is 26.0 Å². The Kier molecular flexibility index (Phi) is 7.19. The molecule has 3 rings (SSSR count). The molecule has 0 saturated carbocycles. The van der Waals surface area contributed by atoms with Crippen molar-refractivity contribution in [3.8, 4) is 0 Å². The molecule has 0 bridgehead atoms. The van der Waals surface area contributed by atoms with Gasteiger partial charge in [0.25, 0.3) is 17.7 Å². The number of nitrogens with zero attached hydrogens (tertiary/aromatic N) is 1. The SMILES string of the molecule is CC(C)CNC(=O)NC(=O)COC(=O)CCCN1C(=O)c2cccc3cccc(c23)C1=O. The van der Waals surface area contributed by atoms with Gasteiger partial charge >= 0.3 is 12.0 Å². The molecule has 5 amide bonds. The zero-order valence-corrected chi connectivity index (χ0v) is 18.0. The van der Waals surface area contributed by atoms with E-state index >= 15 is 0 Å². The number of imide groups is 2. The van der Waals surface area contributed by atoms with Crippen molar-refractivity contribution in [3.63, 3.8) is 0 Å². The van der Waals surface area contributed by atoms with Crippen LogP contribution >= 0.6 is 0 Å². The Morgan fingerprint density at radius 1 is 1.00 bits per heavy atom. The molecule has 0 aliphatic carbocycles. The van der Waals surface area contributed by atoms with Gasteiger partial charge < -0.3 is 10.1 Å². The molecular weight excluding hydrogens is 414 g/mol. The topological polar surface area (TPSA) is 122 Å². The highest BCUT2D eigenvalue weighted by molar-refractivity contribution is 6.25. The number of hydrogen-bond donors (Lipinski definition) is 2. The van der Waals surface area contributed by atoms with Crippen LogP contribution in [0.1, 0.15) is 47.4 Å². The predicted molar refractivity (Wildman–Crippen MR) is 116 cm³/mol. The van der Waals surface area contributed by atoms with Crippen LogP contribution in [0.25, 0.3) is 10.8 Å². The maximum Gasteiger partial charge on any atom is 0.321 e. The van der Waals surface area contributed by atoms with Gasteiger partial charge in [-0.3, -0.25) is 29.4 Å². The van der Waals surface area contributed by atoms with Gasteiger partial charge in [0.05, 0.1) is 0 Å². The molecule has 2 aromatic rings. The summed E-state index contributed by atoms with van der Waals surface area (Å²) in [5.41, 5.74) is 0.903. The van der Waals surface area contributed by atoms with E-state index in [1.165, 1.54) is 0 Å². The van der Waals surface area contributed by atoms with Crippen molar-refractivity contribution in [2.75, 3.05) is 19.7 Å². The summed E-state index contributed by atoms with van der Waals surface area (Å²) >= 11 is 0. The van der Waals surface area contributed by atoms with E-state index < -0.39 is 36.3 Å². The molecule has 0 spiro atoms. The van der Waals surface area contributed by atoms with E-state index in [1.54, 1.807) is 24.3 Å². The predicted octanol–water partition coefficient (Wildman–Crippen LogP) is 2.24. The molecule has 0 fully saturated rings. The van der Waals surface area contributed by atoms with Gasteiger partial charge in [0.2, 0.25) is 0 Å². The summed E-state index contributed by atoms with van der Waals surface area (Å²) in [5, 5.41) is 6.04. The number of amides is 5. The molecule has 0 aromatic heterocycles. The van der Waals surface area contributed by atoms with Crippen molar-refractivity contribution >= 4 is 40.5 Å². The molecule has 9 heteroatoms. The van der Waals surface area contributed by atoms with Crippen LogP contribution in [0.5, 0.6) is 0 Å². The first-order valence-corrected chi connectivity index (χ1v) is 10.4. The lowest BCUT2D eigenvalue weighted by Crippen LogP contribution is -2.42. The van der Waals surface area contributed by atoms with Crippen LogP contribution < -0.4 is 10.6 Å². The molecule has 168 valence electrons. The smallest absolute Gasteiger partial charge is 0.321 e. The van der Waals surface area contributed by atoms with Gasteiger partial charge in [0, 0.05) is 36.0 Å². The fraction of sp³-hybridized carbons (Fsp3) is 0.348. The maximum absolute atomic E-state index is 12.8. The van der Waals surface area contributed by atoms with Crippen molar-refractivity contribution < 1.29 is 28.7 Å². The van der Waals surface area contributed by atoms with Gasteiger partial charge in [-0.1, -0.05) is 38.1 Å². The number of urea groups is 1. The van der Waals surface area contributed by atoms with E-state index in [-0.39, 0.29) is 25.3 Å². The number of ether oxygens (including phenoxy) is 1. The normalized spacial score (nSPS) is 12.8. The molecule has 32 heavy (non-hydrogen) atoms. The quantitative estimate of drug-likeness (QED) is 0.481. The Hall–Kier alpha value is -3.75. The summed E-state index contributed by atoms with van der Waals surface area (Å²) in [4.78, 5) is 61.8. The Morgan fingerprint density at radius 3 is 2.22 bits per heavy atom. The minimum atomic E-state index is -0.745. The van der Waals surface area contributed by atoms with Gasteiger partial charge in [-0.05, 0) is 29.9 Å². The average Bonchev–Trinajstić information content (AvgIpc) is 2.76. The monoisotopic (exact) mass is 439 g/mol. The van der Waals surface area contributed by atoms with Crippen molar-refractivity contribution in [3.05, 3.63) is 47.5 Å². The summed E-state index contributed by atoms with van der Waals surface area (Å²) in [6.45, 7) is 3.68. The second kappa shape index (κ2) is 10.0. The molecule has 0 unspecified atom stereocenters. The summed E-state index contributed by atoms with van der Waals surface area (Å²) in [5.74, 6) is -1.99. The van der Waals surface area contributed by atoms with E-state index in [9.17, 15) is 24.0 Å². The lowest BCUT2D eigenvalue weighted by atomic mass is 9.94. The third-order valence-corrected chi connectivity index (χ3v) is 4.91. The van der Waals surface area contributed by atoms with Crippen LogP contribution in [0, 0.1) is 5.92 Å². The summed E-state index contributed by atoms with van der Waals surface area (Å²) in [6, 6.07) is 9.92. The number of rotatable bonds is 8. The third-order valence-electron chi connectivity index (χ3n) is 4.91. The number of carbonyl (C=O) groups excluding carboxylic acids is 5. The van der Waals surface area contributed by atoms with E-state index in [0.717, 1.165) is 10.3 Å². The highest BCUT2D eigenvalue weighted by atomic mass is 16.5. The van der Waals surface area contributed by atoms with E-state index in [0.29, 0.717) is 23.1 Å². The van der Waals surface area contributed by atoms with Crippen LogP contribution in [0.15, 0.2) is 36.4 Å². The minimum Gasteiger partial charge on any atom is -0.456 e. The number of hydrogen-bond acceptors (Lipinski definition) is 6. The highest BCUT2D eigenvalue weighted by Gasteiger charge is 2.32. The zero-order chi connectivity index (χ0) is 23.3. The number of carbonyl (C=O) groups is 5. The zero-order valence-electron chi connectivity index (χ0n) is 18.0. The van der Waals surface area contributed by atoms with Gasteiger partial charge in [-0.15, -0.1) is 0 Å². The van der Waals surface area contributed by atoms with Gasteiger partial charge in [0.1, 0.15) is 0 Å². The highest BCUT2D eigenvalue weighted by Crippen LogP contribution is 2.30. The Bertz CT molecular complexity index is 1030. The molecule has 2 N–H and O–H groups in total. The molecule has 0 saturated heterocycles. The van der Waals surface area contributed by atoms with Gasteiger partial charge in [-0.2, -0.15) is 0 Å². The Labute approximate surface area is 185 Å². The van der Waals surface area contributed by atoms with Crippen LogP contribution in [0.3, 0.4) is 0 Å². The fourth-order valence-electron chi connectivity index (χ4n) is 3.39. The molecule has 1 aliphatic heterocycles. The second-order valence-corrected chi connectivity index (χ2v) is 7.89. The summed E-state index contributed by atoms with van der Waals surface area (Å²) in [6.07, 6.45) is 0.0979. The van der Waals surface area contributed by atoms with Crippen LogP contribution in [-0.4, -0.2) is 54.3 Å². The first kappa shape index (κ1) is 22.9. The van der Waals surface area contributed by atoms with Gasteiger partial charge in [-0.25, -0.2) is 4.79 Å². The molecule has 0 radical (unpaired) electrons. The van der Waals surface area contributed by atoms with E-state index in [4.69, 9.17) is 4.74 Å². The second-order valence-electron chi connectivity index (χ2n) is 7.89. The Morgan fingerprint density at radius 2 is 1.62 bits per heavy atom. The fourth-order valence-corrected chi connectivity index (χ4v) is 3.39. The molecule has 9 nitrogen and oxygen atoms in total. The average molecular weight is 439 g/mol. The molecule has 0 atom stereocenters. The van der Waals surface area contributed by atoms with Crippen molar-refractivity contribution in [1.29, 1.82) is 0 Å². The van der Waals surface area contributed by atoms with Crippen molar-refractivity contribution in [2.24, 2.45) is 5.92 Å². The lowest BCUT2D eigenvalue weighted by Gasteiger charge is -2.27. The first-order valence-electron chi connectivity index (χ1n) is 10.4. The lowest BCUT2D eigenvalue weighted by molar-refractivity contribution is -0.148. The van der Waals surface area contributed by atoms with Crippen LogP contribution in [0.2, 0.25) is 0 Å². The minimum absolute atomic E-state index is 0.0429. The largest absolute Gasteiger partial charge is 0.456 e. The third kappa shape index (κ3) is 5.29. The van der Waals surface area contributed by atoms with E-state index in [2.05, 4.69) is 10.6 Å². The standard InChI is InChI=1S/C23H25N3O6/c1-14(2)12-24-23(31)25-18(27)13-32-19(28)10-5-11-26-21(29)16-8-3-6-15-7-4-9-17(20(15)16)22(26)30/h3-4,6-9,14H,5,10-13H2,1-2H3,(H2,24,25,27,31). The number of nitrogens with one attached hydrogen (secondary N) is 2. The first-order chi connectivity index (χ1) is 15.3. The summed E-state index contributed by atoms with van der Waals surface area (Å²) in [7, 11) is 0. The van der Waals surface area contributed by atoms with Crippen molar-refractivity contribution in [2.45, 2.75) is 26.7 Å². The maximum atomic E-state index is 12.8. The number of esters is 1. The summed E-state index contributed by atoms with van der Waals surface area (Å²) < 4.78 is 4.86.